The molecule has 0 spiro atoms. The fraction of sp³-hybridized carbons (Fsp3) is 0.273. The molecule has 1 aliphatic rings. The number of carboxylic acid groups (broad SMARTS) is 1. The number of nitrogens with one attached hydrogen (secondary N) is 1. The summed E-state index contributed by atoms with van der Waals surface area (Å²) in [6, 6.07) is 4.74. The van der Waals surface area contributed by atoms with Crippen molar-refractivity contribution in [2.24, 2.45) is 0 Å². The molecule has 6 heteroatoms. The number of benzene rings is 1. The maximum atomic E-state index is 11.0. The molecule has 1 heterocycles. The number of carbonyl (C=O) groups is 2. The second-order valence-corrected chi connectivity index (χ2v) is 3.47. The first kappa shape index (κ1) is 11.3. The number of anilines is 1. The molecule has 2 rings (SSSR count). The topological polar surface area (TPSA) is 84.9 Å². The molecule has 90 valence electrons. The van der Waals surface area contributed by atoms with Gasteiger partial charge in [0, 0.05) is 18.2 Å². The SMILES string of the molecule is O=C(O)C(=O)Nc1ccc2c(c1)OCCCO2. The third kappa shape index (κ3) is 2.66. The Labute approximate surface area is 97.1 Å². The first-order valence-electron chi connectivity index (χ1n) is 5.11. The van der Waals surface area contributed by atoms with Crippen LogP contribution in [0.4, 0.5) is 5.69 Å². The molecule has 1 aromatic carbocycles. The molecule has 1 aliphatic heterocycles. The molecule has 17 heavy (non-hydrogen) atoms. The Morgan fingerprint density at radius 2 is 1.88 bits per heavy atom. The predicted octanol–water partition coefficient (Wildman–Crippen LogP) is 0.871. The number of ether oxygens (including phenoxy) is 2. The van der Waals surface area contributed by atoms with Crippen LogP contribution in [-0.4, -0.2) is 30.2 Å². The predicted molar refractivity (Wildman–Crippen MR) is 58.3 cm³/mol. The molecule has 0 saturated carbocycles. The lowest BCUT2D eigenvalue weighted by Crippen LogP contribution is -2.21. The van der Waals surface area contributed by atoms with Gasteiger partial charge in [-0.3, -0.25) is 4.79 Å². The molecule has 6 nitrogen and oxygen atoms in total. The number of hydrogen-bond acceptors (Lipinski definition) is 4. The number of carboxylic acids is 1. The molecule has 0 bridgehead atoms. The van der Waals surface area contributed by atoms with Gasteiger partial charge in [0.1, 0.15) is 0 Å². The van der Waals surface area contributed by atoms with E-state index < -0.39 is 11.9 Å². The van der Waals surface area contributed by atoms with Crippen LogP contribution in [0.25, 0.3) is 0 Å². The van der Waals surface area contributed by atoms with E-state index in [1.54, 1.807) is 18.2 Å². The number of fused-ring (bicyclic) bond motifs is 1. The molecule has 1 aromatic rings. The van der Waals surface area contributed by atoms with Crippen LogP contribution < -0.4 is 14.8 Å². The van der Waals surface area contributed by atoms with Gasteiger partial charge in [-0.1, -0.05) is 0 Å². The summed E-state index contributed by atoms with van der Waals surface area (Å²) in [4.78, 5) is 21.3. The Morgan fingerprint density at radius 1 is 1.18 bits per heavy atom. The Balaban J connectivity index is 2.18. The quantitative estimate of drug-likeness (QED) is 0.708. The third-order valence-corrected chi connectivity index (χ3v) is 2.20. The molecule has 0 aliphatic carbocycles. The first-order chi connectivity index (χ1) is 8.16. The summed E-state index contributed by atoms with van der Waals surface area (Å²) in [6.45, 7) is 1.11. The molecule has 2 N–H and O–H groups in total. The Hall–Kier alpha value is -2.24. The zero-order valence-electron chi connectivity index (χ0n) is 8.93. The smallest absolute Gasteiger partial charge is 0.394 e. The van der Waals surface area contributed by atoms with Gasteiger partial charge in [-0.15, -0.1) is 0 Å². The summed E-state index contributed by atoms with van der Waals surface area (Å²) < 4.78 is 10.8. The zero-order chi connectivity index (χ0) is 12.3. The van der Waals surface area contributed by atoms with Crippen molar-refractivity contribution < 1.29 is 24.2 Å². The highest BCUT2D eigenvalue weighted by atomic mass is 16.5. The molecule has 0 atom stereocenters. The van der Waals surface area contributed by atoms with Crippen LogP contribution in [0.2, 0.25) is 0 Å². The number of carbonyl (C=O) groups excluding carboxylic acids is 1. The van der Waals surface area contributed by atoms with Crippen LogP contribution in [0.5, 0.6) is 11.5 Å². The van der Waals surface area contributed by atoms with Gasteiger partial charge in [-0.25, -0.2) is 4.79 Å². The van der Waals surface area contributed by atoms with Gasteiger partial charge >= 0.3 is 11.9 Å². The third-order valence-electron chi connectivity index (χ3n) is 2.20. The summed E-state index contributed by atoms with van der Waals surface area (Å²) in [6.07, 6.45) is 0.783. The minimum Gasteiger partial charge on any atom is -0.490 e. The van der Waals surface area contributed by atoms with E-state index in [0.717, 1.165) is 6.42 Å². The van der Waals surface area contributed by atoms with Gasteiger partial charge in [-0.05, 0) is 12.1 Å². The van der Waals surface area contributed by atoms with Gasteiger partial charge in [0.15, 0.2) is 11.5 Å². The average molecular weight is 237 g/mol. The van der Waals surface area contributed by atoms with Crippen molar-refractivity contribution in [1.82, 2.24) is 0 Å². The molecular weight excluding hydrogens is 226 g/mol. The van der Waals surface area contributed by atoms with Gasteiger partial charge in [0.05, 0.1) is 13.2 Å². The van der Waals surface area contributed by atoms with E-state index in [9.17, 15) is 9.59 Å². The molecule has 1 amide bonds. The molecule has 0 fully saturated rings. The summed E-state index contributed by atoms with van der Waals surface area (Å²) in [5, 5.41) is 10.7. The number of amides is 1. The van der Waals surface area contributed by atoms with Gasteiger partial charge in [0.2, 0.25) is 0 Å². The van der Waals surface area contributed by atoms with Gasteiger partial charge in [0.25, 0.3) is 0 Å². The summed E-state index contributed by atoms with van der Waals surface area (Å²) in [5.74, 6) is -1.52. The van der Waals surface area contributed by atoms with Crippen LogP contribution in [0, 0.1) is 0 Å². The van der Waals surface area contributed by atoms with Crippen molar-refractivity contribution >= 4 is 17.6 Å². The van der Waals surface area contributed by atoms with E-state index in [-0.39, 0.29) is 0 Å². The fourth-order valence-electron chi connectivity index (χ4n) is 1.43. The first-order valence-corrected chi connectivity index (χ1v) is 5.11. The van der Waals surface area contributed by atoms with Crippen molar-refractivity contribution in [3.8, 4) is 11.5 Å². The van der Waals surface area contributed by atoms with E-state index in [0.29, 0.717) is 30.4 Å². The van der Waals surface area contributed by atoms with Crippen molar-refractivity contribution in [2.45, 2.75) is 6.42 Å². The standard InChI is InChI=1S/C11H11NO5/c13-10(11(14)15)12-7-2-3-8-9(6-7)17-5-1-4-16-8/h2-3,6H,1,4-5H2,(H,12,13)(H,14,15). The van der Waals surface area contributed by atoms with E-state index in [1.165, 1.54) is 0 Å². The lowest BCUT2D eigenvalue weighted by Gasteiger charge is -2.09. The monoisotopic (exact) mass is 237 g/mol. The van der Waals surface area contributed by atoms with Crippen LogP contribution in [0.1, 0.15) is 6.42 Å². The lowest BCUT2D eigenvalue weighted by atomic mass is 10.2. The fourth-order valence-corrected chi connectivity index (χ4v) is 1.43. The number of aliphatic carboxylic acids is 1. The van der Waals surface area contributed by atoms with Crippen LogP contribution in [-0.2, 0) is 9.59 Å². The van der Waals surface area contributed by atoms with Gasteiger partial charge < -0.3 is 19.9 Å². The minimum absolute atomic E-state index is 0.363. The molecule has 0 saturated heterocycles. The van der Waals surface area contributed by atoms with E-state index in [2.05, 4.69) is 5.32 Å². The second kappa shape index (κ2) is 4.73. The zero-order valence-corrected chi connectivity index (χ0v) is 8.93. The normalized spacial score (nSPS) is 13.6. The summed E-state index contributed by atoms with van der Waals surface area (Å²) in [7, 11) is 0. The number of hydrogen-bond donors (Lipinski definition) is 2. The maximum absolute atomic E-state index is 11.0. The Kier molecular flexibility index (Phi) is 3.13. The molecule has 0 radical (unpaired) electrons. The van der Waals surface area contributed by atoms with E-state index in [4.69, 9.17) is 14.6 Å². The van der Waals surface area contributed by atoms with Crippen LogP contribution in [0.3, 0.4) is 0 Å². The largest absolute Gasteiger partial charge is 0.490 e. The lowest BCUT2D eigenvalue weighted by molar-refractivity contribution is -0.147. The highest BCUT2D eigenvalue weighted by molar-refractivity contribution is 6.36. The minimum atomic E-state index is -1.53. The highest BCUT2D eigenvalue weighted by Crippen LogP contribution is 2.32. The van der Waals surface area contributed by atoms with Crippen LogP contribution >= 0.6 is 0 Å². The average Bonchev–Trinajstić information content (AvgIpc) is 2.53. The Morgan fingerprint density at radius 3 is 2.59 bits per heavy atom. The van der Waals surface area contributed by atoms with Crippen molar-refractivity contribution in [2.75, 3.05) is 18.5 Å². The Bertz CT molecular complexity index is 457. The molecule has 0 unspecified atom stereocenters. The highest BCUT2D eigenvalue weighted by Gasteiger charge is 2.14. The van der Waals surface area contributed by atoms with Crippen molar-refractivity contribution in [3.05, 3.63) is 18.2 Å². The summed E-state index contributed by atoms with van der Waals surface area (Å²) in [5.41, 5.74) is 0.363. The van der Waals surface area contributed by atoms with E-state index >= 15 is 0 Å². The maximum Gasteiger partial charge on any atom is 0.394 e. The summed E-state index contributed by atoms with van der Waals surface area (Å²) >= 11 is 0. The van der Waals surface area contributed by atoms with Crippen molar-refractivity contribution in [3.63, 3.8) is 0 Å². The van der Waals surface area contributed by atoms with Crippen molar-refractivity contribution in [1.29, 1.82) is 0 Å². The second-order valence-electron chi connectivity index (χ2n) is 3.47. The van der Waals surface area contributed by atoms with E-state index in [1.807, 2.05) is 0 Å². The van der Waals surface area contributed by atoms with Crippen LogP contribution in [0.15, 0.2) is 18.2 Å². The molecular formula is C11H11NO5. The number of rotatable bonds is 1. The van der Waals surface area contributed by atoms with Gasteiger partial charge in [-0.2, -0.15) is 0 Å². The molecule has 0 aromatic heterocycles.